The molecule has 1 amide bonds. The van der Waals surface area contributed by atoms with Gasteiger partial charge in [0.2, 0.25) is 0 Å². The molecule has 0 saturated heterocycles. The van der Waals surface area contributed by atoms with Gasteiger partial charge >= 0.3 is 0 Å². The Morgan fingerprint density at radius 3 is 2.35 bits per heavy atom. The zero-order valence-corrected chi connectivity index (χ0v) is 12.1. The average Bonchev–Trinajstić information content (AvgIpc) is 2.44. The summed E-state index contributed by atoms with van der Waals surface area (Å²) in [5, 5.41) is 3.36. The SMILES string of the molecule is O=C(NCc1cccc(CBr)c1)c1cc(F)cc(F)c1. The average molecular weight is 340 g/mol. The van der Waals surface area contributed by atoms with Crippen molar-refractivity contribution in [3.05, 3.63) is 70.8 Å². The molecular weight excluding hydrogens is 328 g/mol. The molecule has 0 atom stereocenters. The van der Waals surface area contributed by atoms with Crippen molar-refractivity contribution in [2.75, 3.05) is 0 Å². The number of hydrogen-bond acceptors (Lipinski definition) is 1. The van der Waals surface area contributed by atoms with Crippen LogP contribution in [0.15, 0.2) is 42.5 Å². The van der Waals surface area contributed by atoms with Gasteiger partial charge in [0, 0.05) is 23.5 Å². The van der Waals surface area contributed by atoms with Crippen LogP contribution in [-0.4, -0.2) is 5.91 Å². The predicted octanol–water partition coefficient (Wildman–Crippen LogP) is 3.79. The summed E-state index contributed by atoms with van der Waals surface area (Å²) in [5.41, 5.74) is 1.99. The fourth-order valence-electron chi connectivity index (χ4n) is 1.79. The summed E-state index contributed by atoms with van der Waals surface area (Å²) in [7, 11) is 0. The minimum Gasteiger partial charge on any atom is -0.348 e. The van der Waals surface area contributed by atoms with E-state index in [0.717, 1.165) is 34.7 Å². The molecule has 104 valence electrons. The Morgan fingerprint density at radius 2 is 1.70 bits per heavy atom. The lowest BCUT2D eigenvalue weighted by atomic mass is 10.1. The molecule has 2 aromatic rings. The van der Waals surface area contributed by atoms with Gasteiger partial charge in [0.1, 0.15) is 11.6 Å². The standard InChI is InChI=1S/C15H12BrF2NO/c16-8-10-2-1-3-11(4-10)9-19-15(20)12-5-13(17)7-14(18)6-12/h1-7H,8-9H2,(H,19,20). The summed E-state index contributed by atoms with van der Waals surface area (Å²) in [5.74, 6) is -2.04. The van der Waals surface area contributed by atoms with E-state index in [9.17, 15) is 13.6 Å². The summed E-state index contributed by atoms with van der Waals surface area (Å²) in [6, 6.07) is 10.4. The zero-order valence-electron chi connectivity index (χ0n) is 10.5. The first-order chi connectivity index (χ1) is 9.58. The van der Waals surface area contributed by atoms with Crippen molar-refractivity contribution in [3.63, 3.8) is 0 Å². The Labute approximate surface area is 123 Å². The maximum atomic E-state index is 13.0. The molecule has 0 spiro atoms. The highest BCUT2D eigenvalue weighted by Gasteiger charge is 2.09. The van der Waals surface area contributed by atoms with Gasteiger partial charge in [0.25, 0.3) is 5.91 Å². The van der Waals surface area contributed by atoms with Crippen molar-refractivity contribution in [3.8, 4) is 0 Å². The van der Waals surface area contributed by atoms with E-state index >= 15 is 0 Å². The zero-order chi connectivity index (χ0) is 14.5. The van der Waals surface area contributed by atoms with Crippen LogP contribution in [0.2, 0.25) is 0 Å². The quantitative estimate of drug-likeness (QED) is 0.843. The van der Waals surface area contributed by atoms with Crippen LogP contribution < -0.4 is 5.32 Å². The van der Waals surface area contributed by atoms with Gasteiger partial charge in [-0.05, 0) is 23.3 Å². The predicted molar refractivity (Wildman–Crippen MR) is 76.6 cm³/mol. The largest absolute Gasteiger partial charge is 0.348 e. The van der Waals surface area contributed by atoms with Gasteiger partial charge in [0.15, 0.2) is 0 Å². The minimum absolute atomic E-state index is 0.0286. The Kier molecular flexibility index (Phi) is 4.84. The number of carbonyl (C=O) groups excluding carboxylic acids is 1. The minimum atomic E-state index is -0.767. The van der Waals surface area contributed by atoms with Gasteiger partial charge in [-0.2, -0.15) is 0 Å². The highest BCUT2D eigenvalue weighted by Crippen LogP contribution is 2.10. The van der Waals surface area contributed by atoms with Crippen molar-refractivity contribution in [1.82, 2.24) is 5.32 Å². The third kappa shape index (κ3) is 3.87. The molecule has 2 rings (SSSR count). The van der Waals surface area contributed by atoms with Crippen molar-refractivity contribution < 1.29 is 13.6 Å². The first-order valence-corrected chi connectivity index (χ1v) is 7.08. The summed E-state index contributed by atoms with van der Waals surface area (Å²) < 4.78 is 26.1. The number of rotatable bonds is 4. The van der Waals surface area contributed by atoms with Crippen LogP contribution in [0.1, 0.15) is 21.5 Å². The molecule has 0 aliphatic carbocycles. The van der Waals surface area contributed by atoms with Crippen LogP contribution in [0, 0.1) is 11.6 Å². The highest BCUT2D eigenvalue weighted by molar-refractivity contribution is 9.08. The lowest BCUT2D eigenvalue weighted by molar-refractivity contribution is 0.0950. The van der Waals surface area contributed by atoms with E-state index in [1.807, 2.05) is 24.3 Å². The highest BCUT2D eigenvalue weighted by atomic mass is 79.9. The maximum absolute atomic E-state index is 13.0. The van der Waals surface area contributed by atoms with Crippen molar-refractivity contribution in [1.29, 1.82) is 0 Å². The second kappa shape index (κ2) is 6.61. The number of halogens is 3. The monoisotopic (exact) mass is 339 g/mol. The molecule has 0 aliphatic heterocycles. The Bertz CT molecular complexity index is 611. The van der Waals surface area contributed by atoms with Crippen molar-refractivity contribution in [2.45, 2.75) is 11.9 Å². The number of hydrogen-bond donors (Lipinski definition) is 1. The number of carbonyl (C=O) groups is 1. The number of alkyl halides is 1. The molecule has 2 nitrogen and oxygen atoms in total. The van der Waals surface area contributed by atoms with E-state index in [2.05, 4.69) is 21.2 Å². The van der Waals surface area contributed by atoms with Crippen LogP contribution >= 0.6 is 15.9 Å². The molecule has 20 heavy (non-hydrogen) atoms. The molecule has 0 fully saturated rings. The van der Waals surface area contributed by atoms with E-state index in [1.54, 1.807) is 0 Å². The lowest BCUT2D eigenvalue weighted by Gasteiger charge is -2.07. The van der Waals surface area contributed by atoms with Crippen LogP contribution in [0.5, 0.6) is 0 Å². The second-order valence-corrected chi connectivity index (χ2v) is 4.86. The van der Waals surface area contributed by atoms with Crippen molar-refractivity contribution in [2.24, 2.45) is 0 Å². The molecule has 2 aromatic carbocycles. The number of amides is 1. The maximum Gasteiger partial charge on any atom is 0.251 e. The van der Waals surface area contributed by atoms with Gasteiger partial charge in [-0.3, -0.25) is 4.79 Å². The summed E-state index contributed by atoms with van der Waals surface area (Å²) >= 11 is 3.35. The van der Waals surface area contributed by atoms with Gasteiger partial charge in [-0.15, -0.1) is 0 Å². The lowest BCUT2D eigenvalue weighted by Crippen LogP contribution is -2.23. The number of benzene rings is 2. The first kappa shape index (κ1) is 14.7. The summed E-state index contributed by atoms with van der Waals surface area (Å²) in [4.78, 5) is 11.8. The molecule has 0 radical (unpaired) electrons. The van der Waals surface area contributed by atoms with Crippen LogP contribution in [0.3, 0.4) is 0 Å². The summed E-state index contributed by atoms with van der Waals surface area (Å²) in [6.45, 7) is 0.303. The topological polar surface area (TPSA) is 29.1 Å². The number of nitrogens with one attached hydrogen (secondary N) is 1. The first-order valence-electron chi connectivity index (χ1n) is 5.96. The van der Waals surface area contributed by atoms with Crippen molar-refractivity contribution >= 4 is 21.8 Å². The molecule has 5 heteroatoms. The van der Waals surface area contributed by atoms with Crippen LogP contribution in [0.4, 0.5) is 8.78 Å². The molecule has 0 aliphatic rings. The third-order valence-electron chi connectivity index (χ3n) is 2.72. The molecule has 0 bridgehead atoms. The van der Waals surface area contributed by atoms with E-state index in [1.165, 1.54) is 0 Å². The fraction of sp³-hybridized carbons (Fsp3) is 0.133. The van der Waals surface area contributed by atoms with E-state index in [-0.39, 0.29) is 5.56 Å². The van der Waals surface area contributed by atoms with E-state index in [0.29, 0.717) is 6.54 Å². The van der Waals surface area contributed by atoms with Crippen LogP contribution in [-0.2, 0) is 11.9 Å². The van der Waals surface area contributed by atoms with Gasteiger partial charge < -0.3 is 5.32 Å². The molecule has 0 saturated carbocycles. The molecule has 0 heterocycles. The fourth-order valence-corrected chi connectivity index (χ4v) is 2.14. The summed E-state index contributed by atoms with van der Waals surface area (Å²) in [6.07, 6.45) is 0. The Hall–Kier alpha value is -1.75. The van der Waals surface area contributed by atoms with Crippen LogP contribution in [0.25, 0.3) is 0 Å². The Morgan fingerprint density at radius 1 is 1.05 bits per heavy atom. The normalized spacial score (nSPS) is 10.3. The molecule has 0 aromatic heterocycles. The van der Waals surface area contributed by atoms with Gasteiger partial charge in [-0.25, -0.2) is 8.78 Å². The van der Waals surface area contributed by atoms with Gasteiger partial charge in [0.05, 0.1) is 0 Å². The Balaban J connectivity index is 2.04. The second-order valence-electron chi connectivity index (χ2n) is 4.29. The smallest absolute Gasteiger partial charge is 0.251 e. The molecule has 0 unspecified atom stereocenters. The molecular formula is C15H12BrF2NO. The van der Waals surface area contributed by atoms with E-state index < -0.39 is 17.5 Å². The third-order valence-corrected chi connectivity index (χ3v) is 3.37. The van der Waals surface area contributed by atoms with E-state index in [4.69, 9.17) is 0 Å². The molecule has 1 N–H and O–H groups in total. The van der Waals surface area contributed by atoms with Gasteiger partial charge in [-0.1, -0.05) is 40.2 Å².